The Morgan fingerprint density at radius 3 is 2.26 bits per heavy atom. The summed E-state index contributed by atoms with van der Waals surface area (Å²) in [5.41, 5.74) is 5.72. The molecule has 7 heteroatoms. The van der Waals surface area contributed by atoms with Crippen LogP contribution in [0.15, 0.2) is 40.9 Å². The summed E-state index contributed by atoms with van der Waals surface area (Å²) in [5.74, 6) is 0.232. The molecule has 0 aliphatic carbocycles. The molecule has 1 aromatic carbocycles. The molecule has 31 heavy (non-hydrogen) atoms. The predicted octanol–water partition coefficient (Wildman–Crippen LogP) is 3.34. The number of carbonyl (C=O) groups excluding carboxylic acids is 2. The van der Waals surface area contributed by atoms with E-state index in [1.54, 1.807) is 17.9 Å². The van der Waals surface area contributed by atoms with E-state index in [1.165, 1.54) is 5.56 Å². The summed E-state index contributed by atoms with van der Waals surface area (Å²) < 4.78 is 7.21. The molecule has 3 heterocycles. The topological polar surface area (TPSA) is 71.6 Å². The second kappa shape index (κ2) is 8.51. The molecular weight excluding hydrogens is 392 g/mol. The summed E-state index contributed by atoms with van der Waals surface area (Å²) in [6, 6.07) is 11.9. The Morgan fingerprint density at radius 2 is 1.65 bits per heavy atom. The fourth-order valence-corrected chi connectivity index (χ4v) is 4.15. The minimum Gasteiger partial charge on any atom is -0.351 e. The van der Waals surface area contributed by atoms with Crippen LogP contribution in [-0.4, -0.2) is 63.9 Å². The van der Waals surface area contributed by atoms with E-state index in [1.807, 2.05) is 19.9 Å². The van der Waals surface area contributed by atoms with Gasteiger partial charge in [-0.3, -0.25) is 14.5 Å². The number of Topliss-reactive ketones (excluding diaryl/α,β-unsaturated/α-hetero) is 1. The number of benzene rings is 1. The third-order valence-electron chi connectivity index (χ3n) is 5.89. The summed E-state index contributed by atoms with van der Waals surface area (Å²) in [5, 5.41) is 3.78. The van der Waals surface area contributed by atoms with Gasteiger partial charge < -0.3 is 14.0 Å². The number of amides is 1. The zero-order chi connectivity index (χ0) is 22.1. The first-order chi connectivity index (χ1) is 14.8. The number of ketones is 1. The Labute approximate surface area is 182 Å². The fourth-order valence-electron chi connectivity index (χ4n) is 4.15. The van der Waals surface area contributed by atoms with Gasteiger partial charge in [-0.05, 0) is 45.9 Å². The number of hydrogen-bond donors (Lipinski definition) is 0. The van der Waals surface area contributed by atoms with Gasteiger partial charge in [-0.25, -0.2) is 0 Å². The first-order valence-electron chi connectivity index (χ1n) is 10.6. The Hall–Kier alpha value is -3.19. The maximum absolute atomic E-state index is 13.1. The molecule has 1 aliphatic heterocycles. The second-order valence-electron chi connectivity index (χ2n) is 8.28. The van der Waals surface area contributed by atoms with E-state index < -0.39 is 0 Å². The van der Waals surface area contributed by atoms with Crippen molar-refractivity contribution in [3.63, 3.8) is 0 Å². The monoisotopic (exact) mass is 420 g/mol. The molecule has 0 unspecified atom stereocenters. The highest BCUT2D eigenvalue weighted by atomic mass is 16.5. The van der Waals surface area contributed by atoms with Gasteiger partial charge in [-0.15, -0.1) is 0 Å². The predicted molar refractivity (Wildman–Crippen MR) is 118 cm³/mol. The lowest BCUT2D eigenvalue weighted by Gasteiger charge is -2.33. The second-order valence-corrected chi connectivity index (χ2v) is 8.28. The molecule has 1 amide bonds. The van der Waals surface area contributed by atoms with Crippen LogP contribution in [0.3, 0.4) is 0 Å². The minimum atomic E-state index is -0.145. The van der Waals surface area contributed by atoms with Gasteiger partial charge >= 0.3 is 0 Å². The average molecular weight is 421 g/mol. The van der Waals surface area contributed by atoms with Crippen molar-refractivity contribution in [1.82, 2.24) is 19.5 Å². The van der Waals surface area contributed by atoms with Gasteiger partial charge in [0.1, 0.15) is 0 Å². The quantitative estimate of drug-likeness (QED) is 0.592. The molecule has 162 valence electrons. The van der Waals surface area contributed by atoms with Crippen molar-refractivity contribution in [2.45, 2.75) is 27.7 Å². The van der Waals surface area contributed by atoms with Crippen molar-refractivity contribution < 1.29 is 14.1 Å². The van der Waals surface area contributed by atoms with E-state index in [0.29, 0.717) is 38.4 Å². The molecule has 1 fully saturated rings. The molecule has 0 bridgehead atoms. The van der Waals surface area contributed by atoms with Gasteiger partial charge in [-0.1, -0.05) is 22.9 Å². The van der Waals surface area contributed by atoms with Crippen molar-refractivity contribution in [3.05, 3.63) is 70.4 Å². The Kier molecular flexibility index (Phi) is 5.78. The SMILES string of the molecule is Cc1ccc(-n2c(C)cc(C(=O)CN3CCN(C(=O)c4cc(C)no4)CC3)c2C)cc1. The Morgan fingerprint density at radius 1 is 0.968 bits per heavy atom. The van der Waals surface area contributed by atoms with Crippen molar-refractivity contribution in [3.8, 4) is 5.69 Å². The molecule has 1 saturated heterocycles. The number of aromatic nitrogens is 2. The maximum Gasteiger partial charge on any atom is 0.292 e. The smallest absolute Gasteiger partial charge is 0.292 e. The lowest BCUT2D eigenvalue weighted by molar-refractivity contribution is 0.0587. The highest BCUT2D eigenvalue weighted by Gasteiger charge is 2.26. The Bertz CT molecular complexity index is 1100. The molecule has 0 N–H and O–H groups in total. The van der Waals surface area contributed by atoms with Crippen LogP contribution in [0.2, 0.25) is 0 Å². The molecule has 7 nitrogen and oxygen atoms in total. The lowest BCUT2D eigenvalue weighted by atomic mass is 10.1. The molecule has 0 saturated carbocycles. The standard InChI is InChI=1S/C24H28N4O3/c1-16-5-7-20(8-6-16)28-18(3)14-21(19(28)4)22(29)15-26-9-11-27(12-10-26)24(30)23-13-17(2)25-31-23/h5-8,13-14H,9-12,15H2,1-4H3. The highest BCUT2D eigenvalue weighted by Crippen LogP contribution is 2.22. The van der Waals surface area contributed by atoms with Crippen LogP contribution in [-0.2, 0) is 0 Å². The van der Waals surface area contributed by atoms with Crippen molar-refractivity contribution in [2.24, 2.45) is 0 Å². The average Bonchev–Trinajstić information content (AvgIpc) is 3.31. The number of carbonyl (C=O) groups is 2. The van der Waals surface area contributed by atoms with Crippen LogP contribution >= 0.6 is 0 Å². The molecule has 0 radical (unpaired) electrons. The lowest BCUT2D eigenvalue weighted by Crippen LogP contribution is -2.49. The summed E-state index contributed by atoms with van der Waals surface area (Å²) in [6.45, 7) is 10.7. The van der Waals surface area contributed by atoms with Gasteiger partial charge in [-0.2, -0.15) is 0 Å². The first-order valence-corrected chi connectivity index (χ1v) is 10.6. The summed E-state index contributed by atoms with van der Waals surface area (Å²) >= 11 is 0. The van der Waals surface area contributed by atoms with E-state index in [2.05, 4.69) is 45.8 Å². The summed E-state index contributed by atoms with van der Waals surface area (Å²) in [7, 11) is 0. The normalized spacial score (nSPS) is 14.8. The highest BCUT2D eigenvalue weighted by molar-refractivity contribution is 5.99. The van der Waals surface area contributed by atoms with Crippen molar-refractivity contribution in [1.29, 1.82) is 0 Å². The molecule has 2 aromatic heterocycles. The largest absolute Gasteiger partial charge is 0.351 e. The van der Waals surface area contributed by atoms with Crippen LogP contribution < -0.4 is 0 Å². The minimum absolute atomic E-state index is 0.108. The zero-order valence-electron chi connectivity index (χ0n) is 18.5. The van der Waals surface area contributed by atoms with Gasteiger partial charge in [0.25, 0.3) is 5.91 Å². The van der Waals surface area contributed by atoms with Gasteiger partial charge in [0.15, 0.2) is 5.78 Å². The Balaban J connectivity index is 1.40. The van der Waals surface area contributed by atoms with Crippen molar-refractivity contribution in [2.75, 3.05) is 32.7 Å². The van der Waals surface area contributed by atoms with Crippen LogP contribution in [0.5, 0.6) is 0 Å². The van der Waals surface area contributed by atoms with E-state index in [-0.39, 0.29) is 17.5 Å². The number of aryl methyl sites for hydroxylation is 3. The van der Waals surface area contributed by atoms with Gasteiger partial charge in [0.05, 0.1) is 12.2 Å². The van der Waals surface area contributed by atoms with Crippen LogP contribution in [0, 0.1) is 27.7 Å². The molecule has 0 spiro atoms. The maximum atomic E-state index is 13.1. The number of nitrogens with zero attached hydrogens (tertiary/aromatic N) is 4. The van der Waals surface area contributed by atoms with Gasteiger partial charge in [0, 0.05) is 54.9 Å². The molecule has 0 atom stereocenters. The number of hydrogen-bond acceptors (Lipinski definition) is 5. The van der Waals surface area contributed by atoms with Gasteiger partial charge in [0.2, 0.25) is 5.76 Å². The van der Waals surface area contributed by atoms with Crippen LogP contribution in [0.1, 0.15) is 43.6 Å². The summed E-state index contributed by atoms with van der Waals surface area (Å²) in [6.07, 6.45) is 0. The molecule has 1 aliphatic rings. The van der Waals surface area contributed by atoms with E-state index in [9.17, 15) is 9.59 Å². The fraction of sp³-hybridized carbons (Fsp3) is 0.375. The number of rotatable bonds is 5. The van der Waals surface area contributed by atoms with Crippen molar-refractivity contribution >= 4 is 11.7 Å². The molecule has 3 aromatic rings. The number of piperazine rings is 1. The van der Waals surface area contributed by atoms with E-state index in [0.717, 1.165) is 22.6 Å². The van der Waals surface area contributed by atoms with Crippen LogP contribution in [0.4, 0.5) is 0 Å². The molecule has 4 rings (SSSR count). The zero-order valence-corrected chi connectivity index (χ0v) is 18.5. The third kappa shape index (κ3) is 4.32. The molecular formula is C24H28N4O3. The van der Waals surface area contributed by atoms with E-state index in [4.69, 9.17) is 4.52 Å². The third-order valence-corrected chi connectivity index (χ3v) is 5.89. The first kappa shape index (κ1) is 21.1. The summed E-state index contributed by atoms with van der Waals surface area (Å²) in [4.78, 5) is 29.4. The van der Waals surface area contributed by atoms with E-state index >= 15 is 0 Å². The van der Waals surface area contributed by atoms with Crippen LogP contribution in [0.25, 0.3) is 5.69 Å².